The molecule has 0 aromatic heterocycles. The van der Waals surface area contributed by atoms with Crippen molar-refractivity contribution in [2.75, 3.05) is 18.8 Å². The van der Waals surface area contributed by atoms with E-state index < -0.39 is 17.3 Å². The van der Waals surface area contributed by atoms with Gasteiger partial charge in [-0.3, -0.25) is 19.3 Å². The van der Waals surface area contributed by atoms with Crippen LogP contribution in [0.4, 0.5) is 0 Å². The maximum atomic E-state index is 12.1. The lowest BCUT2D eigenvalue weighted by Crippen LogP contribution is -2.40. The van der Waals surface area contributed by atoms with Crippen LogP contribution in [0.15, 0.2) is 0 Å². The molecular formula is C14H20N2O5S. The van der Waals surface area contributed by atoms with Crippen LogP contribution in [0.1, 0.15) is 32.6 Å². The van der Waals surface area contributed by atoms with Crippen LogP contribution in [-0.2, 0) is 19.2 Å². The summed E-state index contributed by atoms with van der Waals surface area (Å²) < 4.78 is 0. The topological polar surface area (TPSA) is 95.0 Å². The number of amides is 3. The highest BCUT2D eigenvalue weighted by Gasteiger charge is 2.38. The van der Waals surface area contributed by atoms with Crippen molar-refractivity contribution in [1.82, 2.24) is 9.80 Å². The van der Waals surface area contributed by atoms with Crippen molar-refractivity contribution in [1.29, 1.82) is 0 Å². The van der Waals surface area contributed by atoms with Gasteiger partial charge in [0.1, 0.15) is 6.04 Å². The van der Waals surface area contributed by atoms with E-state index in [1.807, 2.05) is 0 Å². The molecular weight excluding hydrogens is 308 g/mol. The molecule has 22 heavy (non-hydrogen) atoms. The van der Waals surface area contributed by atoms with Gasteiger partial charge in [-0.2, -0.15) is 0 Å². The number of carboxylic acid groups (broad SMARTS) is 1. The molecule has 2 aliphatic heterocycles. The Balaban J connectivity index is 1.79. The van der Waals surface area contributed by atoms with Gasteiger partial charge in [0.2, 0.25) is 17.7 Å². The number of nitrogens with zero attached hydrogens (tertiary/aromatic N) is 2. The summed E-state index contributed by atoms with van der Waals surface area (Å²) in [4.78, 5) is 49.3. The molecule has 0 bridgehead atoms. The third kappa shape index (κ3) is 3.43. The predicted molar refractivity (Wildman–Crippen MR) is 80.2 cm³/mol. The number of likely N-dealkylation sites (tertiary alicyclic amines) is 2. The summed E-state index contributed by atoms with van der Waals surface area (Å²) in [7, 11) is 0. The summed E-state index contributed by atoms with van der Waals surface area (Å²) in [6, 6.07) is -0.720. The van der Waals surface area contributed by atoms with Crippen LogP contribution >= 0.6 is 11.8 Å². The first-order valence-electron chi connectivity index (χ1n) is 7.43. The smallest absolute Gasteiger partial charge is 0.326 e. The molecule has 2 atom stereocenters. The van der Waals surface area contributed by atoms with Crippen LogP contribution in [0.25, 0.3) is 0 Å². The molecule has 1 N–H and O–H groups in total. The van der Waals surface area contributed by atoms with Gasteiger partial charge in [0.05, 0.1) is 5.25 Å². The summed E-state index contributed by atoms with van der Waals surface area (Å²) in [5.74, 6) is -1.09. The molecule has 2 fully saturated rings. The van der Waals surface area contributed by atoms with Crippen molar-refractivity contribution in [3.05, 3.63) is 0 Å². The minimum atomic E-state index is -0.964. The van der Waals surface area contributed by atoms with Gasteiger partial charge in [0, 0.05) is 31.7 Å². The Morgan fingerprint density at radius 2 is 2.09 bits per heavy atom. The molecule has 3 amide bonds. The number of carbonyl (C=O) groups excluding carboxylic acids is 3. The Morgan fingerprint density at radius 1 is 1.36 bits per heavy atom. The number of thioether (sulfide) groups is 1. The average molecular weight is 328 g/mol. The lowest BCUT2D eigenvalue weighted by Gasteiger charge is -2.21. The molecule has 0 radical (unpaired) electrons. The first-order valence-corrected chi connectivity index (χ1v) is 8.48. The Hall–Kier alpha value is -1.57. The third-order valence-electron chi connectivity index (χ3n) is 4.01. The van der Waals surface area contributed by atoms with Crippen LogP contribution in [0.3, 0.4) is 0 Å². The number of carbonyl (C=O) groups is 4. The zero-order chi connectivity index (χ0) is 16.3. The van der Waals surface area contributed by atoms with Gasteiger partial charge in [0.15, 0.2) is 0 Å². The molecule has 0 aromatic rings. The molecule has 1 unspecified atom stereocenters. The van der Waals surface area contributed by atoms with E-state index in [4.69, 9.17) is 5.11 Å². The molecule has 2 rings (SSSR count). The van der Waals surface area contributed by atoms with E-state index >= 15 is 0 Å². The highest BCUT2D eigenvalue weighted by atomic mass is 32.2. The lowest BCUT2D eigenvalue weighted by atomic mass is 10.2. The second-order valence-electron chi connectivity index (χ2n) is 5.37. The van der Waals surface area contributed by atoms with Crippen molar-refractivity contribution in [3.8, 4) is 0 Å². The fourth-order valence-corrected chi connectivity index (χ4v) is 3.98. The summed E-state index contributed by atoms with van der Waals surface area (Å²) in [6.07, 6.45) is 1.58. The van der Waals surface area contributed by atoms with Crippen LogP contribution in [0.5, 0.6) is 0 Å². The van der Waals surface area contributed by atoms with Crippen molar-refractivity contribution >= 4 is 35.5 Å². The fourth-order valence-electron chi connectivity index (χ4n) is 2.87. The molecule has 122 valence electrons. The van der Waals surface area contributed by atoms with Gasteiger partial charge in [-0.15, -0.1) is 11.8 Å². The minimum Gasteiger partial charge on any atom is -0.480 e. The molecule has 2 heterocycles. The maximum Gasteiger partial charge on any atom is 0.326 e. The standard InChI is InChI=1S/C14H20N2O5S/c1-2-15-12(18)8-10(13(15)19)22-7-5-11(17)16-6-3-4-9(16)14(20)21/h9-10H,2-8H2,1H3,(H,20,21)/t9-,10?/m0/s1. The third-order valence-corrected chi connectivity index (χ3v) is 5.22. The van der Waals surface area contributed by atoms with E-state index in [-0.39, 0.29) is 30.6 Å². The maximum absolute atomic E-state index is 12.1. The van der Waals surface area contributed by atoms with Crippen molar-refractivity contribution in [2.45, 2.75) is 43.9 Å². The second kappa shape index (κ2) is 7.13. The van der Waals surface area contributed by atoms with Crippen LogP contribution in [0, 0.1) is 0 Å². The molecule has 0 saturated carbocycles. The largest absolute Gasteiger partial charge is 0.480 e. The van der Waals surface area contributed by atoms with E-state index in [0.717, 1.165) is 0 Å². The summed E-state index contributed by atoms with van der Waals surface area (Å²) in [5.41, 5.74) is 0. The summed E-state index contributed by atoms with van der Waals surface area (Å²) in [6.45, 7) is 2.61. The van der Waals surface area contributed by atoms with E-state index in [2.05, 4.69) is 0 Å². The lowest BCUT2D eigenvalue weighted by molar-refractivity contribution is -0.148. The van der Waals surface area contributed by atoms with Crippen LogP contribution in [0.2, 0.25) is 0 Å². The number of hydrogen-bond donors (Lipinski definition) is 1. The van der Waals surface area contributed by atoms with Gasteiger partial charge >= 0.3 is 5.97 Å². The Bertz CT molecular complexity index is 496. The number of rotatable bonds is 6. The average Bonchev–Trinajstić information content (AvgIpc) is 3.04. The van der Waals surface area contributed by atoms with Gasteiger partial charge in [-0.25, -0.2) is 4.79 Å². The second-order valence-corrected chi connectivity index (χ2v) is 6.68. The predicted octanol–water partition coefficient (Wildman–Crippen LogP) is 0.333. The number of imide groups is 1. The normalized spacial score (nSPS) is 25.1. The number of aliphatic carboxylic acids is 1. The quantitative estimate of drug-likeness (QED) is 0.706. The van der Waals surface area contributed by atoms with Gasteiger partial charge in [-0.1, -0.05) is 0 Å². The highest BCUT2D eigenvalue weighted by molar-refractivity contribution is 8.00. The molecule has 8 heteroatoms. The van der Waals surface area contributed by atoms with Crippen LogP contribution < -0.4 is 0 Å². The Labute approximate surface area is 133 Å². The van der Waals surface area contributed by atoms with Gasteiger partial charge in [-0.05, 0) is 19.8 Å². The molecule has 0 aliphatic carbocycles. The van der Waals surface area contributed by atoms with E-state index in [9.17, 15) is 19.2 Å². The molecule has 7 nitrogen and oxygen atoms in total. The first kappa shape index (κ1) is 16.8. The molecule has 2 saturated heterocycles. The van der Waals surface area contributed by atoms with Gasteiger partial charge < -0.3 is 10.0 Å². The highest BCUT2D eigenvalue weighted by Crippen LogP contribution is 2.26. The van der Waals surface area contributed by atoms with E-state index in [0.29, 0.717) is 31.7 Å². The van der Waals surface area contributed by atoms with E-state index in [1.54, 1.807) is 6.92 Å². The minimum absolute atomic E-state index is 0.165. The van der Waals surface area contributed by atoms with Gasteiger partial charge in [0.25, 0.3) is 0 Å². The zero-order valence-corrected chi connectivity index (χ0v) is 13.3. The number of carboxylic acids is 1. The van der Waals surface area contributed by atoms with Crippen LogP contribution in [-0.4, -0.2) is 68.7 Å². The number of hydrogen-bond acceptors (Lipinski definition) is 5. The summed E-state index contributed by atoms with van der Waals surface area (Å²) >= 11 is 1.30. The molecule has 0 aromatic carbocycles. The zero-order valence-electron chi connectivity index (χ0n) is 12.5. The SMILES string of the molecule is CCN1C(=O)CC(SCCC(=O)N2CCC[C@H]2C(=O)O)C1=O. The molecule has 0 spiro atoms. The fraction of sp³-hybridized carbons (Fsp3) is 0.714. The Morgan fingerprint density at radius 3 is 2.68 bits per heavy atom. The Kier molecular flexibility index (Phi) is 5.44. The van der Waals surface area contributed by atoms with Crippen molar-refractivity contribution in [3.63, 3.8) is 0 Å². The monoisotopic (exact) mass is 328 g/mol. The first-order chi connectivity index (χ1) is 10.5. The van der Waals surface area contributed by atoms with E-state index in [1.165, 1.54) is 21.6 Å². The molecule has 2 aliphatic rings. The van der Waals surface area contributed by atoms with Crippen molar-refractivity contribution < 1.29 is 24.3 Å². The summed E-state index contributed by atoms with van der Waals surface area (Å²) in [5, 5.41) is 8.66. The van der Waals surface area contributed by atoms with Crippen molar-refractivity contribution in [2.24, 2.45) is 0 Å².